The van der Waals surface area contributed by atoms with E-state index in [9.17, 15) is 8.42 Å². The molecule has 0 bridgehead atoms. The zero-order valence-corrected chi connectivity index (χ0v) is 16.5. The SMILES string of the molecule is O=S(=O)(N[C@@H]1c2cccc3cccc(c23)[C@@H]1[NH2+]Cc1ccco1)c1ccccc1. The van der Waals surface area contributed by atoms with Crippen LogP contribution < -0.4 is 10.0 Å². The molecule has 0 saturated carbocycles. The van der Waals surface area contributed by atoms with E-state index >= 15 is 0 Å². The highest BCUT2D eigenvalue weighted by Crippen LogP contribution is 2.42. The Morgan fingerprint density at radius 1 is 0.862 bits per heavy atom. The predicted octanol–water partition coefficient (Wildman–Crippen LogP) is 3.27. The standard InChI is InChI=1S/C23H20N2O3S/c26-29(27,18-10-2-1-3-11-18)25-23-20-13-5-8-16-7-4-12-19(21(16)20)22(23)24-15-17-9-6-14-28-17/h1-14,22-25H,15H2/p+1/t22-,23+/m0/s1. The summed E-state index contributed by atoms with van der Waals surface area (Å²) in [5, 5.41) is 4.40. The molecule has 29 heavy (non-hydrogen) atoms. The highest BCUT2D eigenvalue weighted by atomic mass is 32.2. The normalized spacial score (nSPS) is 18.3. The molecule has 0 saturated heterocycles. The van der Waals surface area contributed by atoms with Crippen LogP contribution in [0.2, 0.25) is 0 Å². The fourth-order valence-corrected chi connectivity index (χ4v) is 5.48. The molecule has 1 aromatic heterocycles. The van der Waals surface area contributed by atoms with E-state index in [1.807, 2.05) is 36.4 Å². The van der Waals surface area contributed by atoms with Crippen LogP contribution in [0.5, 0.6) is 0 Å². The summed E-state index contributed by atoms with van der Waals surface area (Å²) >= 11 is 0. The van der Waals surface area contributed by atoms with Crippen molar-refractivity contribution in [2.75, 3.05) is 0 Å². The average molecular weight is 405 g/mol. The Morgan fingerprint density at radius 2 is 1.62 bits per heavy atom. The molecule has 0 spiro atoms. The Balaban J connectivity index is 1.55. The van der Waals surface area contributed by atoms with Crippen LogP contribution in [0.15, 0.2) is 94.4 Å². The van der Waals surface area contributed by atoms with Crippen LogP contribution in [0.4, 0.5) is 0 Å². The summed E-state index contributed by atoms with van der Waals surface area (Å²) in [6.07, 6.45) is 1.66. The first-order valence-electron chi connectivity index (χ1n) is 9.58. The lowest BCUT2D eigenvalue weighted by atomic mass is 10.0. The predicted molar refractivity (Wildman–Crippen MR) is 111 cm³/mol. The van der Waals surface area contributed by atoms with Gasteiger partial charge in [0.15, 0.2) is 5.76 Å². The maximum atomic E-state index is 13.1. The van der Waals surface area contributed by atoms with Gasteiger partial charge < -0.3 is 9.73 Å². The number of rotatable bonds is 6. The lowest BCUT2D eigenvalue weighted by Gasteiger charge is -2.21. The molecule has 3 N–H and O–H groups in total. The van der Waals surface area contributed by atoms with E-state index in [2.05, 4.69) is 28.2 Å². The molecule has 0 unspecified atom stereocenters. The monoisotopic (exact) mass is 405 g/mol. The molecule has 5 nitrogen and oxygen atoms in total. The van der Waals surface area contributed by atoms with Crippen LogP contribution in [0.25, 0.3) is 10.8 Å². The van der Waals surface area contributed by atoms with Gasteiger partial charge in [-0.1, -0.05) is 54.6 Å². The summed E-state index contributed by atoms with van der Waals surface area (Å²) in [5.74, 6) is 0.859. The molecule has 146 valence electrons. The van der Waals surface area contributed by atoms with Crippen LogP contribution in [0.3, 0.4) is 0 Å². The summed E-state index contributed by atoms with van der Waals surface area (Å²) < 4.78 is 34.6. The number of nitrogens with two attached hydrogens (primary N) is 1. The first-order chi connectivity index (χ1) is 14.1. The lowest BCUT2D eigenvalue weighted by molar-refractivity contribution is -0.715. The molecule has 1 aliphatic carbocycles. The van der Waals surface area contributed by atoms with Crippen LogP contribution in [0.1, 0.15) is 29.0 Å². The minimum absolute atomic E-state index is 0.0836. The zero-order valence-electron chi connectivity index (χ0n) is 15.7. The number of furan rings is 1. The summed E-state index contributed by atoms with van der Waals surface area (Å²) in [6.45, 7) is 0.631. The molecule has 0 fully saturated rings. The lowest BCUT2D eigenvalue weighted by Crippen LogP contribution is -2.85. The molecule has 5 rings (SSSR count). The zero-order chi connectivity index (χ0) is 19.8. The molecule has 1 heterocycles. The van der Waals surface area contributed by atoms with E-state index in [1.165, 1.54) is 0 Å². The number of benzene rings is 3. The van der Waals surface area contributed by atoms with Crippen molar-refractivity contribution in [3.05, 3.63) is 102 Å². The second-order valence-electron chi connectivity index (χ2n) is 7.25. The summed E-state index contributed by atoms with van der Waals surface area (Å²) in [6, 6.07) is 24.1. The highest BCUT2D eigenvalue weighted by Gasteiger charge is 2.39. The van der Waals surface area contributed by atoms with Crippen LogP contribution >= 0.6 is 0 Å². The fourth-order valence-electron chi connectivity index (χ4n) is 4.22. The van der Waals surface area contributed by atoms with Crippen molar-refractivity contribution in [3.8, 4) is 0 Å². The maximum absolute atomic E-state index is 13.1. The minimum Gasteiger partial charge on any atom is -0.463 e. The number of hydrogen-bond acceptors (Lipinski definition) is 3. The number of quaternary nitrogens is 1. The van der Waals surface area contributed by atoms with E-state index < -0.39 is 10.0 Å². The summed E-state index contributed by atoms with van der Waals surface area (Å²) in [4.78, 5) is 0.271. The maximum Gasteiger partial charge on any atom is 0.241 e. The molecule has 2 atom stereocenters. The van der Waals surface area contributed by atoms with E-state index in [0.29, 0.717) is 6.54 Å². The summed E-state index contributed by atoms with van der Waals surface area (Å²) in [5.41, 5.74) is 2.16. The molecular weight excluding hydrogens is 384 g/mol. The van der Waals surface area contributed by atoms with Gasteiger partial charge in [-0.3, -0.25) is 0 Å². The summed E-state index contributed by atoms with van der Waals surface area (Å²) in [7, 11) is -3.66. The molecule has 0 radical (unpaired) electrons. The van der Waals surface area contributed by atoms with Crippen molar-refractivity contribution in [1.82, 2.24) is 4.72 Å². The van der Waals surface area contributed by atoms with E-state index in [-0.39, 0.29) is 17.0 Å². The van der Waals surface area contributed by atoms with Gasteiger partial charge in [-0.2, -0.15) is 4.72 Å². The Bertz CT molecular complexity index is 1250. The van der Waals surface area contributed by atoms with Crippen molar-refractivity contribution >= 4 is 20.8 Å². The van der Waals surface area contributed by atoms with E-state index in [0.717, 1.165) is 27.7 Å². The van der Waals surface area contributed by atoms with Crippen LogP contribution in [-0.4, -0.2) is 8.42 Å². The van der Waals surface area contributed by atoms with E-state index in [4.69, 9.17) is 4.42 Å². The highest BCUT2D eigenvalue weighted by molar-refractivity contribution is 7.89. The molecule has 3 aromatic carbocycles. The van der Waals surface area contributed by atoms with Crippen LogP contribution in [-0.2, 0) is 16.6 Å². The third kappa shape index (κ3) is 3.25. The van der Waals surface area contributed by atoms with Gasteiger partial charge in [0.05, 0.1) is 11.2 Å². The van der Waals surface area contributed by atoms with Gasteiger partial charge in [-0.05, 0) is 40.6 Å². The minimum atomic E-state index is -3.66. The molecule has 0 aliphatic heterocycles. The quantitative estimate of drug-likeness (QED) is 0.517. The van der Waals surface area contributed by atoms with Crippen molar-refractivity contribution in [2.24, 2.45) is 0 Å². The van der Waals surface area contributed by atoms with Crippen molar-refractivity contribution in [3.63, 3.8) is 0 Å². The first-order valence-corrected chi connectivity index (χ1v) is 11.1. The third-order valence-electron chi connectivity index (χ3n) is 5.51. The van der Waals surface area contributed by atoms with Gasteiger partial charge in [-0.25, -0.2) is 8.42 Å². The van der Waals surface area contributed by atoms with Crippen molar-refractivity contribution in [2.45, 2.75) is 23.5 Å². The Kier molecular flexibility index (Phi) is 4.47. The molecule has 1 aliphatic rings. The van der Waals surface area contributed by atoms with Gasteiger partial charge in [0, 0.05) is 5.56 Å². The Hall–Kier alpha value is -2.93. The van der Waals surface area contributed by atoms with Crippen molar-refractivity contribution < 1.29 is 18.2 Å². The Morgan fingerprint density at radius 3 is 2.34 bits per heavy atom. The fraction of sp³-hybridized carbons (Fsp3) is 0.130. The third-order valence-corrected chi connectivity index (χ3v) is 6.97. The van der Waals surface area contributed by atoms with Gasteiger partial charge in [0.25, 0.3) is 0 Å². The number of hydrogen-bond donors (Lipinski definition) is 2. The second kappa shape index (κ2) is 7.15. The van der Waals surface area contributed by atoms with E-state index in [1.54, 1.807) is 30.5 Å². The average Bonchev–Trinajstić information content (AvgIpc) is 3.36. The number of nitrogens with one attached hydrogen (secondary N) is 1. The number of sulfonamides is 1. The topological polar surface area (TPSA) is 75.9 Å². The molecular formula is C23H21N2O3S+. The second-order valence-corrected chi connectivity index (χ2v) is 8.96. The Labute approximate surface area is 169 Å². The van der Waals surface area contributed by atoms with Gasteiger partial charge in [-0.15, -0.1) is 0 Å². The van der Waals surface area contributed by atoms with Gasteiger partial charge in [0.1, 0.15) is 18.6 Å². The van der Waals surface area contributed by atoms with Crippen LogP contribution in [0, 0.1) is 0 Å². The molecule has 0 amide bonds. The van der Waals surface area contributed by atoms with Crippen molar-refractivity contribution in [1.29, 1.82) is 0 Å². The van der Waals surface area contributed by atoms with Gasteiger partial charge >= 0.3 is 0 Å². The smallest absolute Gasteiger partial charge is 0.241 e. The first kappa shape index (κ1) is 18.1. The molecule has 6 heteroatoms. The molecule has 4 aromatic rings. The van der Waals surface area contributed by atoms with Gasteiger partial charge in [0.2, 0.25) is 10.0 Å². The largest absolute Gasteiger partial charge is 0.463 e.